The zero-order valence-corrected chi connectivity index (χ0v) is 19.6. The largest absolute Gasteiger partial charge is 0.356 e. The summed E-state index contributed by atoms with van der Waals surface area (Å²) in [4.78, 5) is 21.9. The molecule has 1 amide bonds. The first kappa shape index (κ1) is 22.9. The first-order chi connectivity index (χ1) is 15.6. The van der Waals surface area contributed by atoms with Gasteiger partial charge in [0.1, 0.15) is 0 Å². The molecule has 7 nitrogen and oxygen atoms in total. The van der Waals surface area contributed by atoms with Crippen LogP contribution < -0.4 is 5.32 Å². The number of carbonyl (C=O) groups is 1. The second-order valence-corrected chi connectivity index (χ2v) is 9.60. The molecule has 0 spiro atoms. The van der Waals surface area contributed by atoms with Crippen LogP contribution in [0.25, 0.3) is 11.4 Å². The van der Waals surface area contributed by atoms with Crippen molar-refractivity contribution in [2.75, 3.05) is 39.3 Å². The minimum absolute atomic E-state index is 0.118. The standard InChI is InChI=1S/C25H37N5O2/c1-19-4-6-21(7-5-19)24-27-23(32-28-24)18-30-16-10-22(11-17-30)25(31)26-12-3-13-29-14-8-20(2)9-15-29/h4-7,20,22H,3,8-18H2,1-2H3,(H,26,31). The number of aryl methyl sites for hydroxylation is 1. The number of piperidine rings is 2. The minimum atomic E-state index is 0.118. The first-order valence-electron chi connectivity index (χ1n) is 12.2. The van der Waals surface area contributed by atoms with Gasteiger partial charge in [0.25, 0.3) is 0 Å². The molecule has 0 atom stereocenters. The van der Waals surface area contributed by atoms with E-state index >= 15 is 0 Å². The van der Waals surface area contributed by atoms with Crippen LogP contribution in [0, 0.1) is 18.8 Å². The van der Waals surface area contributed by atoms with Crippen LogP contribution in [-0.2, 0) is 11.3 Å². The molecule has 0 unspecified atom stereocenters. The molecule has 1 N–H and O–H groups in total. The molecule has 4 rings (SSSR count). The van der Waals surface area contributed by atoms with Gasteiger partial charge in [0.2, 0.25) is 17.6 Å². The molecular weight excluding hydrogens is 402 g/mol. The molecule has 2 aromatic rings. The van der Waals surface area contributed by atoms with Gasteiger partial charge in [0.15, 0.2) is 0 Å². The predicted octanol–water partition coefficient (Wildman–Crippen LogP) is 3.50. The Bertz CT molecular complexity index is 849. The Labute approximate surface area is 191 Å². The molecule has 2 saturated heterocycles. The maximum atomic E-state index is 12.6. The van der Waals surface area contributed by atoms with Crippen LogP contribution in [0.2, 0.25) is 0 Å². The van der Waals surface area contributed by atoms with E-state index in [1.54, 1.807) is 0 Å². The van der Waals surface area contributed by atoms with E-state index in [1.165, 1.54) is 31.5 Å². The maximum Gasteiger partial charge on any atom is 0.241 e. The SMILES string of the molecule is Cc1ccc(-c2noc(CN3CCC(C(=O)NCCCN4CCC(C)CC4)CC3)n2)cc1. The summed E-state index contributed by atoms with van der Waals surface area (Å²) in [6.45, 7) is 11.1. The molecule has 1 aromatic heterocycles. The Hall–Kier alpha value is -2.25. The zero-order chi connectivity index (χ0) is 22.3. The minimum Gasteiger partial charge on any atom is -0.356 e. The fourth-order valence-electron chi connectivity index (χ4n) is 4.63. The summed E-state index contributed by atoms with van der Waals surface area (Å²) >= 11 is 0. The Morgan fingerprint density at radius 3 is 2.47 bits per heavy atom. The average Bonchev–Trinajstić information content (AvgIpc) is 3.27. The highest BCUT2D eigenvalue weighted by Crippen LogP contribution is 2.21. The van der Waals surface area contributed by atoms with Gasteiger partial charge >= 0.3 is 0 Å². The molecule has 0 bridgehead atoms. The number of hydrogen-bond acceptors (Lipinski definition) is 6. The molecule has 0 saturated carbocycles. The van der Waals surface area contributed by atoms with E-state index in [9.17, 15) is 4.79 Å². The van der Waals surface area contributed by atoms with Gasteiger partial charge < -0.3 is 14.7 Å². The average molecular weight is 440 g/mol. The molecule has 1 aromatic carbocycles. The monoisotopic (exact) mass is 439 g/mol. The number of amides is 1. The van der Waals surface area contributed by atoms with Crippen LogP contribution >= 0.6 is 0 Å². The van der Waals surface area contributed by atoms with Crippen molar-refractivity contribution < 1.29 is 9.32 Å². The lowest BCUT2D eigenvalue weighted by Crippen LogP contribution is -2.41. The number of carbonyl (C=O) groups excluding carboxylic acids is 1. The summed E-state index contributed by atoms with van der Waals surface area (Å²) in [7, 11) is 0. The summed E-state index contributed by atoms with van der Waals surface area (Å²) in [6, 6.07) is 8.13. The lowest BCUT2D eigenvalue weighted by molar-refractivity contribution is -0.126. The number of rotatable bonds is 8. The lowest BCUT2D eigenvalue weighted by atomic mass is 9.96. The van der Waals surface area contributed by atoms with E-state index in [2.05, 4.69) is 51.2 Å². The van der Waals surface area contributed by atoms with Gasteiger partial charge in [-0.15, -0.1) is 0 Å². The third kappa shape index (κ3) is 6.39. The molecule has 3 heterocycles. The van der Waals surface area contributed by atoms with Crippen molar-refractivity contribution in [3.63, 3.8) is 0 Å². The van der Waals surface area contributed by atoms with Crippen molar-refractivity contribution in [3.05, 3.63) is 35.7 Å². The smallest absolute Gasteiger partial charge is 0.241 e. The number of nitrogens with one attached hydrogen (secondary N) is 1. The zero-order valence-electron chi connectivity index (χ0n) is 19.6. The number of nitrogens with zero attached hydrogens (tertiary/aromatic N) is 4. The van der Waals surface area contributed by atoms with Gasteiger partial charge in [-0.2, -0.15) is 4.98 Å². The molecule has 174 valence electrons. The number of benzene rings is 1. The summed E-state index contributed by atoms with van der Waals surface area (Å²) in [6.07, 6.45) is 5.42. The quantitative estimate of drug-likeness (QED) is 0.635. The number of likely N-dealkylation sites (tertiary alicyclic amines) is 2. The van der Waals surface area contributed by atoms with E-state index in [0.29, 0.717) is 18.3 Å². The molecular formula is C25H37N5O2. The van der Waals surface area contributed by atoms with Crippen molar-refractivity contribution in [2.45, 2.75) is 52.5 Å². The first-order valence-corrected chi connectivity index (χ1v) is 12.2. The van der Waals surface area contributed by atoms with Gasteiger partial charge in [0.05, 0.1) is 6.54 Å². The van der Waals surface area contributed by atoms with Gasteiger partial charge in [-0.1, -0.05) is 41.9 Å². The Morgan fingerprint density at radius 1 is 1.06 bits per heavy atom. The maximum absolute atomic E-state index is 12.6. The Kier molecular flexibility index (Phi) is 7.92. The molecule has 7 heteroatoms. The van der Waals surface area contributed by atoms with Gasteiger partial charge in [0, 0.05) is 18.0 Å². The van der Waals surface area contributed by atoms with Crippen LogP contribution in [0.1, 0.15) is 50.5 Å². The number of aromatic nitrogens is 2. The van der Waals surface area contributed by atoms with Crippen LogP contribution in [0.4, 0.5) is 0 Å². The number of hydrogen-bond donors (Lipinski definition) is 1. The van der Waals surface area contributed by atoms with Crippen molar-refractivity contribution in [1.29, 1.82) is 0 Å². The molecule has 32 heavy (non-hydrogen) atoms. The summed E-state index contributed by atoms with van der Waals surface area (Å²) in [5, 5.41) is 7.29. The summed E-state index contributed by atoms with van der Waals surface area (Å²) in [5.41, 5.74) is 2.18. The highest BCUT2D eigenvalue weighted by Gasteiger charge is 2.26. The highest BCUT2D eigenvalue weighted by atomic mass is 16.5. The molecule has 0 radical (unpaired) electrons. The van der Waals surface area contributed by atoms with Crippen molar-refractivity contribution in [3.8, 4) is 11.4 Å². The van der Waals surface area contributed by atoms with Crippen LogP contribution in [-0.4, -0.2) is 65.1 Å². The molecule has 2 aliphatic rings. The van der Waals surface area contributed by atoms with Crippen molar-refractivity contribution in [1.82, 2.24) is 25.3 Å². The topological polar surface area (TPSA) is 74.5 Å². The van der Waals surface area contributed by atoms with Gasteiger partial charge in [-0.3, -0.25) is 9.69 Å². The second-order valence-electron chi connectivity index (χ2n) is 9.60. The van der Waals surface area contributed by atoms with Crippen LogP contribution in [0.15, 0.2) is 28.8 Å². The normalized spacial score (nSPS) is 19.3. The molecule has 0 aliphatic carbocycles. The Morgan fingerprint density at radius 2 is 1.75 bits per heavy atom. The summed E-state index contributed by atoms with van der Waals surface area (Å²) in [5.74, 6) is 2.47. The van der Waals surface area contributed by atoms with E-state index in [0.717, 1.165) is 56.9 Å². The van der Waals surface area contributed by atoms with Crippen molar-refractivity contribution in [2.24, 2.45) is 11.8 Å². The Balaban J connectivity index is 1.14. The fraction of sp³-hybridized carbons (Fsp3) is 0.640. The van der Waals surface area contributed by atoms with Gasteiger partial charge in [-0.25, -0.2) is 0 Å². The van der Waals surface area contributed by atoms with Crippen LogP contribution in [0.3, 0.4) is 0 Å². The van der Waals surface area contributed by atoms with E-state index < -0.39 is 0 Å². The van der Waals surface area contributed by atoms with Crippen molar-refractivity contribution >= 4 is 5.91 Å². The van der Waals surface area contributed by atoms with E-state index in [1.807, 2.05) is 12.1 Å². The van der Waals surface area contributed by atoms with Gasteiger partial charge in [-0.05, 0) is 77.7 Å². The van der Waals surface area contributed by atoms with E-state index in [-0.39, 0.29) is 11.8 Å². The lowest BCUT2D eigenvalue weighted by Gasteiger charge is -2.31. The molecule has 2 aliphatic heterocycles. The van der Waals surface area contributed by atoms with Crippen LogP contribution in [0.5, 0.6) is 0 Å². The molecule has 2 fully saturated rings. The second kappa shape index (κ2) is 11.1. The summed E-state index contributed by atoms with van der Waals surface area (Å²) < 4.78 is 5.46. The highest BCUT2D eigenvalue weighted by molar-refractivity contribution is 5.78. The predicted molar refractivity (Wildman–Crippen MR) is 125 cm³/mol. The third-order valence-electron chi connectivity index (χ3n) is 6.92. The van der Waals surface area contributed by atoms with E-state index in [4.69, 9.17) is 4.52 Å². The third-order valence-corrected chi connectivity index (χ3v) is 6.92. The fourth-order valence-corrected chi connectivity index (χ4v) is 4.63.